The Morgan fingerprint density at radius 3 is 2.64 bits per heavy atom. The molecule has 3 amide bonds. The molecule has 0 bridgehead atoms. The molecule has 6 nitrogen and oxygen atoms in total. The van der Waals surface area contributed by atoms with Gasteiger partial charge in [0.15, 0.2) is 0 Å². The fraction of sp³-hybridized carbons (Fsp3) is 0.520. The maximum absolute atomic E-state index is 13.7. The average Bonchev–Trinajstić information content (AvgIpc) is 3.37. The van der Waals surface area contributed by atoms with Crippen LogP contribution in [0.4, 0.5) is 4.79 Å². The number of piperidine rings is 1. The number of phenolic OH excluding ortho intramolecular Hbond substituents is 1. The van der Waals surface area contributed by atoms with Crippen LogP contribution in [0.5, 0.6) is 5.75 Å². The van der Waals surface area contributed by atoms with Crippen LogP contribution in [0.1, 0.15) is 43.6 Å². The van der Waals surface area contributed by atoms with Crippen molar-refractivity contribution in [1.29, 1.82) is 0 Å². The number of amides is 3. The fourth-order valence-corrected chi connectivity index (χ4v) is 6.14. The monoisotopic (exact) mass is 489 g/mol. The Bertz CT molecular complexity index is 989. The van der Waals surface area contributed by atoms with Crippen LogP contribution >= 0.6 is 22.9 Å². The van der Waals surface area contributed by atoms with E-state index in [0.717, 1.165) is 38.0 Å². The van der Waals surface area contributed by atoms with Gasteiger partial charge < -0.3 is 10.4 Å². The van der Waals surface area contributed by atoms with Crippen LogP contribution in [0.3, 0.4) is 0 Å². The lowest BCUT2D eigenvalue weighted by Gasteiger charge is -2.41. The summed E-state index contributed by atoms with van der Waals surface area (Å²) in [7, 11) is 0. The summed E-state index contributed by atoms with van der Waals surface area (Å²) in [5.41, 5.74) is 0.243. The maximum Gasteiger partial charge on any atom is 0.325 e. The van der Waals surface area contributed by atoms with E-state index in [1.165, 1.54) is 9.78 Å². The summed E-state index contributed by atoms with van der Waals surface area (Å²) in [6.45, 7) is 7.09. The molecule has 8 heteroatoms. The van der Waals surface area contributed by atoms with Crippen LogP contribution in [0.25, 0.3) is 0 Å². The second-order valence-electron chi connectivity index (χ2n) is 9.62. The van der Waals surface area contributed by atoms with Gasteiger partial charge in [-0.2, -0.15) is 0 Å². The van der Waals surface area contributed by atoms with E-state index in [1.54, 1.807) is 23.5 Å². The average molecular weight is 490 g/mol. The molecule has 2 aliphatic heterocycles. The Morgan fingerprint density at radius 2 is 2.00 bits per heavy atom. The van der Waals surface area contributed by atoms with Crippen molar-refractivity contribution in [1.82, 2.24) is 15.1 Å². The second-order valence-corrected chi connectivity index (χ2v) is 11.1. The number of carbonyl (C=O) groups is 2. The second kappa shape index (κ2) is 10.0. The van der Waals surface area contributed by atoms with Crippen molar-refractivity contribution in [3.63, 3.8) is 0 Å². The van der Waals surface area contributed by atoms with Gasteiger partial charge in [0, 0.05) is 18.0 Å². The first-order valence-corrected chi connectivity index (χ1v) is 12.9. The molecule has 1 atom stereocenters. The van der Waals surface area contributed by atoms with E-state index in [9.17, 15) is 14.7 Å². The van der Waals surface area contributed by atoms with E-state index in [4.69, 9.17) is 11.6 Å². The lowest BCUT2D eigenvalue weighted by molar-refractivity contribution is -0.134. The molecule has 1 aromatic heterocycles. The number of hydrogen-bond acceptors (Lipinski definition) is 5. The van der Waals surface area contributed by atoms with Crippen LogP contribution < -0.4 is 5.32 Å². The zero-order valence-corrected chi connectivity index (χ0v) is 20.8. The number of nitrogens with one attached hydrogen (secondary N) is 1. The Hall–Kier alpha value is -2.09. The van der Waals surface area contributed by atoms with Crippen LogP contribution in [0.15, 0.2) is 35.7 Å². The van der Waals surface area contributed by atoms with Gasteiger partial charge in [-0.15, -0.1) is 11.3 Å². The molecule has 0 spiro atoms. The fourth-order valence-electron chi connectivity index (χ4n) is 5.24. The Kier molecular flexibility index (Phi) is 7.31. The number of thiophene rings is 1. The number of halogens is 1. The van der Waals surface area contributed by atoms with Crippen molar-refractivity contribution >= 4 is 34.9 Å². The summed E-state index contributed by atoms with van der Waals surface area (Å²) in [6.07, 6.45) is 3.06. The van der Waals surface area contributed by atoms with Crippen molar-refractivity contribution in [2.45, 2.75) is 51.6 Å². The number of phenols is 1. The highest BCUT2D eigenvalue weighted by atomic mass is 35.5. The van der Waals surface area contributed by atoms with E-state index in [2.05, 4.69) is 24.1 Å². The first-order valence-electron chi connectivity index (χ1n) is 11.6. The molecule has 2 fully saturated rings. The van der Waals surface area contributed by atoms with Gasteiger partial charge >= 0.3 is 6.03 Å². The molecule has 2 aliphatic rings. The van der Waals surface area contributed by atoms with Gasteiger partial charge in [-0.1, -0.05) is 37.6 Å². The first kappa shape index (κ1) is 24.0. The maximum atomic E-state index is 13.7. The zero-order valence-electron chi connectivity index (χ0n) is 19.2. The highest BCUT2D eigenvalue weighted by molar-refractivity contribution is 7.09. The Labute approximate surface area is 204 Å². The zero-order chi connectivity index (χ0) is 23.6. The third-order valence-electron chi connectivity index (χ3n) is 6.80. The summed E-state index contributed by atoms with van der Waals surface area (Å²) in [5.74, 6) is 0.446. The third kappa shape index (κ3) is 5.20. The van der Waals surface area contributed by atoms with Gasteiger partial charge in [-0.05, 0) is 79.8 Å². The highest BCUT2D eigenvalue weighted by Crippen LogP contribution is 2.38. The van der Waals surface area contributed by atoms with E-state index in [-0.39, 0.29) is 23.6 Å². The number of urea groups is 1. The molecule has 0 aliphatic carbocycles. The van der Waals surface area contributed by atoms with E-state index < -0.39 is 5.54 Å². The van der Waals surface area contributed by atoms with Gasteiger partial charge in [0.2, 0.25) is 0 Å². The quantitative estimate of drug-likeness (QED) is 0.517. The van der Waals surface area contributed by atoms with Crippen LogP contribution in [0.2, 0.25) is 5.02 Å². The topological polar surface area (TPSA) is 72.9 Å². The van der Waals surface area contributed by atoms with E-state index in [1.807, 2.05) is 23.6 Å². The van der Waals surface area contributed by atoms with Crippen molar-refractivity contribution in [3.8, 4) is 5.75 Å². The van der Waals surface area contributed by atoms with Gasteiger partial charge in [-0.3, -0.25) is 14.6 Å². The van der Waals surface area contributed by atoms with Crippen molar-refractivity contribution in [2.75, 3.05) is 19.6 Å². The van der Waals surface area contributed by atoms with E-state index >= 15 is 0 Å². The Balaban J connectivity index is 1.43. The predicted octanol–water partition coefficient (Wildman–Crippen LogP) is 4.90. The number of carbonyl (C=O) groups excluding carboxylic acids is 2. The molecule has 0 saturated carbocycles. The first-order chi connectivity index (χ1) is 15.8. The van der Waals surface area contributed by atoms with Gasteiger partial charge in [-0.25, -0.2) is 4.79 Å². The number of nitrogens with zero attached hydrogens (tertiary/aromatic N) is 2. The summed E-state index contributed by atoms with van der Waals surface area (Å²) >= 11 is 7.71. The number of likely N-dealkylation sites (tertiary alicyclic amines) is 1. The minimum absolute atomic E-state index is 0.0541. The molecule has 178 valence electrons. The lowest BCUT2D eigenvalue weighted by atomic mass is 9.73. The molecule has 0 radical (unpaired) electrons. The number of imide groups is 1. The molecule has 2 aromatic rings. The minimum Gasteiger partial charge on any atom is -0.506 e. The van der Waals surface area contributed by atoms with Gasteiger partial charge in [0.05, 0.1) is 5.02 Å². The van der Waals surface area contributed by atoms with Crippen LogP contribution in [0, 0.1) is 11.8 Å². The van der Waals surface area contributed by atoms with E-state index in [0.29, 0.717) is 30.3 Å². The number of benzene rings is 1. The lowest BCUT2D eigenvalue weighted by Crippen LogP contribution is -2.56. The standard InChI is InChI=1S/C25H32ClN3O3S/c1-17(2)15-25(23(31)29(24(32)27-25)12-9-20-4-3-13-33-20)19-7-10-28(11-8-19)16-18-5-6-22(30)21(26)14-18/h3-6,13-14,17,19,30H,7-12,15-16H2,1-2H3,(H,27,32)/t25-/m1/s1. The molecule has 33 heavy (non-hydrogen) atoms. The van der Waals surface area contributed by atoms with Gasteiger partial charge in [0.1, 0.15) is 11.3 Å². The molecule has 2 saturated heterocycles. The molecular formula is C25H32ClN3O3S. The summed E-state index contributed by atoms with van der Waals surface area (Å²) in [4.78, 5) is 31.5. The largest absolute Gasteiger partial charge is 0.506 e. The molecule has 1 aromatic carbocycles. The van der Waals surface area contributed by atoms with Crippen molar-refractivity contribution in [2.24, 2.45) is 11.8 Å². The number of hydrogen-bond donors (Lipinski definition) is 2. The Morgan fingerprint density at radius 1 is 1.24 bits per heavy atom. The molecule has 3 heterocycles. The molecule has 4 rings (SSSR count). The summed E-state index contributed by atoms with van der Waals surface area (Å²) in [5, 5.41) is 15.2. The smallest absolute Gasteiger partial charge is 0.325 e. The predicted molar refractivity (Wildman–Crippen MR) is 132 cm³/mol. The molecule has 2 N–H and O–H groups in total. The SMILES string of the molecule is CC(C)C[C@]1(C2CCN(Cc3ccc(O)c(Cl)c3)CC2)NC(=O)N(CCc2cccs2)C1=O. The molecular weight excluding hydrogens is 458 g/mol. The van der Waals surface area contributed by atoms with Crippen molar-refractivity contribution in [3.05, 3.63) is 51.2 Å². The van der Waals surface area contributed by atoms with Crippen LogP contribution in [-0.2, 0) is 17.8 Å². The van der Waals surface area contributed by atoms with Gasteiger partial charge in [0.25, 0.3) is 5.91 Å². The van der Waals surface area contributed by atoms with Crippen LogP contribution in [-0.4, -0.2) is 52.0 Å². The summed E-state index contributed by atoms with van der Waals surface area (Å²) < 4.78 is 0. The minimum atomic E-state index is -0.811. The number of rotatable bonds is 8. The third-order valence-corrected chi connectivity index (χ3v) is 8.04. The van der Waals surface area contributed by atoms with Crippen molar-refractivity contribution < 1.29 is 14.7 Å². The summed E-state index contributed by atoms with van der Waals surface area (Å²) in [6, 6.07) is 9.10. The highest BCUT2D eigenvalue weighted by Gasteiger charge is 2.55. The normalized spacial score (nSPS) is 22.4. The number of aromatic hydroxyl groups is 1. The molecule has 0 unspecified atom stereocenters.